The van der Waals surface area contributed by atoms with E-state index in [0.29, 0.717) is 12.2 Å². The lowest BCUT2D eigenvalue weighted by Gasteiger charge is -2.12. The van der Waals surface area contributed by atoms with Crippen LogP contribution >= 0.6 is 11.6 Å². The van der Waals surface area contributed by atoms with Crippen LogP contribution in [0.25, 0.3) is 0 Å². The van der Waals surface area contributed by atoms with Crippen molar-refractivity contribution in [2.75, 3.05) is 5.88 Å². The molecular weight excluding hydrogens is 287 g/mol. The smallest absolute Gasteiger partial charge is 0.165 e. The molecule has 0 radical (unpaired) electrons. The molecule has 0 aromatic heterocycles. The first-order valence-electron chi connectivity index (χ1n) is 6.64. The van der Waals surface area contributed by atoms with Crippen molar-refractivity contribution in [2.45, 2.75) is 20.5 Å². The van der Waals surface area contributed by atoms with Crippen molar-refractivity contribution in [3.05, 3.63) is 64.5 Å². The maximum Gasteiger partial charge on any atom is 0.165 e. The largest absolute Gasteiger partial charge is 0.486 e. The fourth-order valence-electron chi connectivity index (χ4n) is 2.05. The second kappa shape index (κ2) is 7.15. The van der Waals surface area contributed by atoms with Crippen molar-refractivity contribution in [3.8, 4) is 17.6 Å². The number of halogens is 2. The summed E-state index contributed by atoms with van der Waals surface area (Å²) in [5.41, 5.74) is 4.03. The van der Waals surface area contributed by atoms with E-state index in [2.05, 4.69) is 11.8 Å². The second-order valence-electron chi connectivity index (χ2n) is 4.74. The topological polar surface area (TPSA) is 9.23 Å². The molecule has 0 spiro atoms. The summed E-state index contributed by atoms with van der Waals surface area (Å²) in [4.78, 5) is 0. The van der Waals surface area contributed by atoms with Gasteiger partial charge in [-0.15, -0.1) is 11.6 Å². The molecule has 0 atom stereocenters. The van der Waals surface area contributed by atoms with E-state index in [0.717, 1.165) is 16.7 Å². The highest BCUT2D eigenvalue weighted by Gasteiger charge is 2.07. The molecule has 2 rings (SSSR count). The molecule has 3 heteroatoms. The molecule has 0 heterocycles. The molecule has 0 N–H and O–H groups in total. The Kier molecular flexibility index (Phi) is 5.25. The highest BCUT2D eigenvalue weighted by atomic mass is 35.5. The molecule has 0 aliphatic rings. The number of hydrogen-bond acceptors (Lipinski definition) is 1. The summed E-state index contributed by atoms with van der Waals surface area (Å²) in [5.74, 6) is 5.66. The molecule has 1 nitrogen and oxygen atoms in total. The first-order chi connectivity index (χ1) is 10.1. The summed E-state index contributed by atoms with van der Waals surface area (Å²) in [6.45, 7) is 4.37. The van der Waals surface area contributed by atoms with Gasteiger partial charge in [-0.25, -0.2) is 4.39 Å². The van der Waals surface area contributed by atoms with E-state index < -0.39 is 5.82 Å². The molecule has 0 fully saturated rings. The maximum absolute atomic E-state index is 13.8. The Morgan fingerprint density at radius 1 is 1.14 bits per heavy atom. The Labute approximate surface area is 129 Å². The molecule has 0 saturated heterocycles. The lowest BCUT2D eigenvalue weighted by Crippen LogP contribution is -2.02. The number of aryl methyl sites for hydroxylation is 2. The zero-order valence-electron chi connectivity index (χ0n) is 12.0. The van der Waals surface area contributed by atoms with Crippen LogP contribution in [0.2, 0.25) is 0 Å². The van der Waals surface area contributed by atoms with Gasteiger partial charge >= 0.3 is 0 Å². The van der Waals surface area contributed by atoms with E-state index >= 15 is 0 Å². The highest BCUT2D eigenvalue weighted by Crippen LogP contribution is 2.21. The van der Waals surface area contributed by atoms with Gasteiger partial charge in [-0.3, -0.25) is 0 Å². The van der Waals surface area contributed by atoms with E-state index in [-0.39, 0.29) is 11.6 Å². The minimum atomic E-state index is -0.391. The van der Waals surface area contributed by atoms with Gasteiger partial charge in [-0.05, 0) is 48.7 Å². The maximum atomic E-state index is 13.8. The van der Waals surface area contributed by atoms with Gasteiger partial charge in [0.25, 0.3) is 0 Å². The quantitative estimate of drug-likeness (QED) is 0.594. The summed E-state index contributed by atoms with van der Waals surface area (Å²) < 4.78 is 19.4. The number of benzene rings is 2. The van der Waals surface area contributed by atoms with E-state index in [9.17, 15) is 4.39 Å². The number of alkyl halides is 1. The Morgan fingerprint density at radius 3 is 2.52 bits per heavy atom. The first-order valence-corrected chi connectivity index (χ1v) is 7.17. The van der Waals surface area contributed by atoms with Crippen LogP contribution in [0, 0.1) is 31.5 Å². The third kappa shape index (κ3) is 4.00. The van der Waals surface area contributed by atoms with Crippen LogP contribution in [-0.2, 0) is 6.61 Å². The van der Waals surface area contributed by atoms with Crippen LogP contribution in [0.5, 0.6) is 5.75 Å². The van der Waals surface area contributed by atoms with Crippen LogP contribution in [0.3, 0.4) is 0 Å². The number of ether oxygens (including phenoxy) is 1. The monoisotopic (exact) mass is 302 g/mol. The Bertz CT molecular complexity index is 678. The summed E-state index contributed by atoms with van der Waals surface area (Å²) in [6, 6.07) is 10.6. The van der Waals surface area contributed by atoms with Gasteiger partial charge in [-0.2, -0.15) is 0 Å². The Morgan fingerprint density at radius 2 is 1.86 bits per heavy atom. The van der Waals surface area contributed by atoms with Crippen molar-refractivity contribution in [1.82, 2.24) is 0 Å². The van der Waals surface area contributed by atoms with Gasteiger partial charge in [0.1, 0.15) is 6.61 Å². The SMILES string of the molecule is Cc1cccc(C)c1COc1cc(C#CCCl)ccc1F. The molecule has 0 aliphatic heterocycles. The van der Waals surface area contributed by atoms with Gasteiger partial charge < -0.3 is 4.74 Å². The van der Waals surface area contributed by atoms with Crippen molar-refractivity contribution >= 4 is 11.6 Å². The predicted molar refractivity (Wildman–Crippen MR) is 84.2 cm³/mol. The normalized spacial score (nSPS) is 9.90. The summed E-state index contributed by atoms with van der Waals surface area (Å²) >= 11 is 5.52. The van der Waals surface area contributed by atoms with Gasteiger partial charge in [-0.1, -0.05) is 30.0 Å². The van der Waals surface area contributed by atoms with E-state index in [4.69, 9.17) is 16.3 Å². The lowest BCUT2D eigenvalue weighted by molar-refractivity contribution is 0.289. The Hall–Kier alpha value is -1.98. The van der Waals surface area contributed by atoms with E-state index in [1.165, 1.54) is 6.07 Å². The summed E-state index contributed by atoms with van der Waals surface area (Å²) in [6.07, 6.45) is 0. The molecule has 0 unspecified atom stereocenters. The molecule has 108 valence electrons. The highest BCUT2D eigenvalue weighted by molar-refractivity contribution is 6.19. The van der Waals surface area contributed by atoms with E-state index in [1.807, 2.05) is 32.0 Å². The molecular formula is C18H16ClFO. The van der Waals surface area contributed by atoms with Gasteiger partial charge in [0, 0.05) is 5.56 Å². The van der Waals surface area contributed by atoms with Crippen molar-refractivity contribution in [2.24, 2.45) is 0 Å². The van der Waals surface area contributed by atoms with Gasteiger partial charge in [0.15, 0.2) is 11.6 Å². The molecule has 0 aliphatic carbocycles. The van der Waals surface area contributed by atoms with Crippen LogP contribution in [-0.4, -0.2) is 5.88 Å². The van der Waals surface area contributed by atoms with Crippen molar-refractivity contribution < 1.29 is 9.13 Å². The van der Waals surface area contributed by atoms with E-state index in [1.54, 1.807) is 12.1 Å². The standard InChI is InChI=1S/C18H16ClFO/c1-13-5-3-6-14(2)16(13)12-21-18-11-15(7-4-10-19)8-9-17(18)20/h3,5-6,8-9,11H,10,12H2,1-2H3. The van der Waals surface area contributed by atoms with Crippen LogP contribution in [0.4, 0.5) is 4.39 Å². The molecule has 0 bridgehead atoms. The van der Waals surface area contributed by atoms with Crippen molar-refractivity contribution in [1.29, 1.82) is 0 Å². The van der Waals surface area contributed by atoms with Crippen LogP contribution < -0.4 is 4.74 Å². The summed E-state index contributed by atoms with van der Waals surface area (Å²) in [5, 5.41) is 0. The van der Waals surface area contributed by atoms with Crippen LogP contribution in [0.15, 0.2) is 36.4 Å². The fourth-order valence-corrected chi connectivity index (χ4v) is 2.12. The zero-order valence-corrected chi connectivity index (χ0v) is 12.8. The summed E-state index contributed by atoms with van der Waals surface area (Å²) in [7, 11) is 0. The fraction of sp³-hybridized carbons (Fsp3) is 0.222. The number of rotatable bonds is 3. The lowest BCUT2D eigenvalue weighted by atomic mass is 10.0. The first kappa shape index (κ1) is 15.4. The molecule has 0 saturated carbocycles. The third-order valence-electron chi connectivity index (χ3n) is 3.25. The predicted octanol–water partition coefficient (Wildman–Crippen LogP) is 4.61. The molecule has 21 heavy (non-hydrogen) atoms. The zero-order chi connectivity index (χ0) is 15.2. The van der Waals surface area contributed by atoms with Crippen LogP contribution in [0.1, 0.15) is 22.3 Å². The Balaban J connectivity index is 2.20. The molecule has 2 aromatic rings. The average molecular weight is 303 g/mol. The minimum Gasteiger partial charge on any atom is -0.486 e. The molecule has 0 amide bonds. The number of hydrogen-bond donors (Lipinski definition) is 0. The minimum absolute atomic E-state index is 0.207. The van der Waals surface area contributed by atoms with Gasteiger partial charge in [0.05, 0.1) is 5.88 Å². The van der Waals surface area contributed by atoms with Gasteiger partial charge in [0.2, 0.25) is 0 Å². The molecule has 2 aromatic carbocycles. The second-order valence-corrected chi connectivity index (χ2v) is 5.01. The average Bonchev–Trinajstić information content (AvgIpc) is 2.47. The van der Waals surface area contributed by atoms with Crippen molar-refractivity contribution in [3.63, 3.8) is 0 Å². The third-order valence-corrected chi connectivity index (χ3v) is 3.38.